The molecule has 0 saturated heterocycles. The van der Waals surface area contributed by atoms with Crippen LogP contribution in [0.15, 0.2) is 30.3 Å². The number of benzene rings is 2. The first-order valence-electron chi connectivity index (χ1n) is 6.87. The zero-order valence-electron chi connectivity index (χ0n) is 12.3. The molecule has 0 fully saturated rings. The van der Waals surface area contributed by atoms with Crippen molar-refractivity contribution < 1.29 is 13.2 Å². The van der Waals surface area contributed by atoms with Gasteiger partial charge in [-0.1, -0.05) is 38.1 Å². The van der Waals surface area contributed by atoms with Crippen LogP contribution in [0.2, 0.25) is 0 Å². The van der Waals surface area contributed by atoms with E-state index in [2.05, 4.69) is 5.32 Å². The van der Waals surface area contributed by atoms with Crippen LogP contribution >= 0.6 is 0 Å². The molecule has 21 heavy (non-hydrogen) atoms. The maximum atomic E-state index is 14.2. The summed E-state index contributed by atoms with van der Waals surface area (Å²) >= 11 is 0. The summed E-state index contributed by atoms with van der Waals surface area (Å²) in [6, 6.07) is 7.68. The molecule has 0 aliphatic carbocycles. The molecule has 0 aliphatic heterocycles. The molecule has 0 saturated carbocycles. The highest BCUT2D eigenvalue weighted by atomic mass is 19.2. The molecular formula is C17H18F3N. The van der Waals surface area contributed by atoms with Crippen LogP contribution in [0.5, 0.6) is 0 Å². The van der Waals surface area contributed by atoms with E-state index in [1.165, 1.54) is 31.2 Å². The largest absolute Gasteiger partial charge is 0.310 e. The highest BCUT2D eigenvalue weighted by Gasteiger charge is 2.15. The summed E-state index contributed by atoms with van der Waals surface area (Å²) in [4.78, 5) is 0. The molecule has 2 aromatic rings. The summed E-state index contributed by atoms with van der Waals surface area (Å²) in [5.74, 6) is -2.50. The van der Waals surface area contributed by atoms with Gasteiger partial charge in [0, 0.05) is 23.7 Å². The quantitative estimate of drug-likeness (QED) is 0.870. The molecule has 0 heterocycles. The minimum absolute atomic E-state index is 0.0565. The molecule has 1 nitrogen and oxygen atoms in total. The number of aryl methyl sites for hydroxylation is 1. The van der Waals surface area contributed by atoms with Crippen LogP contribution in [-0.2, 0) is 6.54 Å². The Morgan fingerprint density at radius 2 is 1.62 bits per heavy atom. The predicted molar refractivity (Wildman–Crippen MR) is 78.5 cm³/mol. The van der Waals surface area contributed by atoms with Crippen LogP contribution in [0.25, 0.3) is 11.1 Å². The maximum Gasteiger partial charge on any atom is 0.167 e. The van der Waals surface area contributed by atoms with Crippen molar-refractivity contribution in [3.8, 4) is 11.1 Å². The van der Waals surface area contributed by atoms with Crippen molar-refractivity contribution in [3.63, 3.8) is 0 Å². The van der Waals surface area contributed by atoms with Crippen molar-refractivity contribution in [2.75, 3.05) is 0 Å². The third-order valence-corrected chi connectivity index (χ3v) is 3.31. The van der Waals surface area contributed by atoms with Gasteiger partial charge in [-0.3, -0.25) is 0 Å². The Balaban J connectivity index is 2.35. The van der Waals surface area contributed by atoms with E-state index in [0.717, 1.165) is 5.56 Å². The Bertz CT molecular complexity index is 651. The van der Waals surface area contributed by atoms with Crippen LogP contribution in [0.1, 0.15) is 25.0 Å². The number of hydrogen-bond donors (Lipinski definition) is 1. The van der Waals surface area contributed by atoms with Gasteiger partial charge in [-0.05, 0) is 24.1 Å². The minimum Gasteiger partial charge on any atom is -0.310 e. The smallest absolute Gasteiger partial charge is 0.167 e. The van der Waals surface area contributed by atoms with Crippen LogP contribution < -0.4 is 5.32 Å². The summed E-state index contributed by atoms with van der Waals surface area (Å²) in [5, 5.41) is 3.18. The summed E-state index contributed by atoms with van der Waals surface area (Å²) < 4.78 is 41.7. The van der Waals surface area contributed by atoms with Crippen LogP contribution in [0, 0.1) is 24.4 Å². The molecule has 0 spiro atoms. The summed E-state index contributed by atoms with van der Waals surface area (Å²) in [6.45, 7) is 5.99. The minimum atomic E-state index is -1.01. The van der Waals surface area contributed by atoms with Gasteiger partial charge in [0.2, 0.25) is 0 Å². The normalized spacial score (nSPS) is 11.2. The maximum absolute atomic E-state index is 14.2. The van der Waals surface area contributed by atoms with Gasteiger partial charge < -0.3 is 5.32 Å². The van der Waals surface area contributed by atoms with Crippen molar-refractivity contribution in [3.05, 3.63) is 58.9 Å². The lowest BCUT2D eigenvalue weighted by Crippen LogP contribution is -2.21. The van der Waals surface area contributed by atoms with Gasteiger partial charge in [0.15, 0.2) is 11.6 Å². The van der Waals surface area contributed by atoms with Gasteiger partial charge in [0.05, 0.1) is 0 Å². The molecule has 0 amide bonds. The van der Waals surface area contributed by atoms with E-state index in [-0.39, 0.29) is 22.7 Å². The second-order valence-corrected chi connectivity index (χ2v) is 5.41. The van der Waals surface area contributed by atoms with Gasteiger partial charge >= 0.3 is 0 Å². The summed E-state index contributed by atoms with van der Waals surface area (Å²) in [7, 11) is 0. The molecule has 2 rings (SSSR count). The highest BCUT2D eigenvalue weighted by molar-refractivity contribution is 5.65. The van der Waals surface area contributed by atoms with Crippen LogP contribution in [-0.4, -0.2) is 6.04 Å². The van der Waals surface area contributed by atoms with Gasteiger partial charge in [0.1, 0.15) is 5.82 Å². The number of rotatable bonds is 4. The van der Waals surface area contributed by atoms with Crippen LogP contribution in [0.4, 0.5) is 13.2 Å². The van der Waals surface area contributed by atoms with Crippen molar-refractivity contribution in [1.82, 2.24) is 5.32 Å². The summed E-state index contributed by atoms with van der Waals surface area (Å²) in [6.07, 6.45) is 0. The predicted octanol–water partition coefficient (Wildman–Crippen LogP) is 4.58. The number of nitrogens with one attached hydrogen (secondary N) is 1. The Kier molecular flexibility index (Phi) is 4.68. The first-order chi connectivity index (χ1) is 9.90. The third-order valence-electron chi connectivity index (χ3n) is 3.31. The van der Waals surface area contributed by atoms with Crippen molar-refractivity contribution in [2.45, 2.75) is 33.4 Å². The van der Waals surface area contributed by atoms with E-state index in [1.54, 1.807) is 6.07 Å². The van der Waals surface area contributed by atoms with E-state index in [0.29, 0.717) is 6.54 Å². The number of halogens is 3. The molecular weight excluding hydrogens is 275 g/mol. The average Bonchev–Trinajstić information content (AvgIpc) is 2.44. The molecule has 1 N–H and O–H groups in total. The Hall–Kier alpha value is -1.81. The monoisotopic (exact) mass is 293 g/mol. The van der Waals surface area contributed by atoms with Gasteiger partial charge in [0.25, 0.3) is 0 Å². The lowest BCUT2D eigenvalue weighted by atomic mass is 10.0. The second kappa shape index (κ2) is 6.31. The topological polar surface area (TPSA) is 12.0 Å². The van der Waals surface area contributed by atoms with Gasteiger partial charge in [-0.25, -0.2) is 13.2 Å². The zero-order chi connectivity index (χ0) is 15.6. The van der Waals surface area contributed by atoms with E-state index in [4.69, 9.17) is 0 Å². The van der Waals surface area contributed by atoms with E-state index in [1.807, 2.05) is 13.8 Å². The Morgan fingerprint density at radius 1 is 0.952 bits per heavy atom. The first-order valence-corrected chi connectivity index (χ1v) is 6.87. The number of hydrogen-bond acceptors (Lipinski definition) is 1. The van der Waals surface area contributed by atoms with Crippen molar-refractivity contribution in [2.24, 2.45) is 0 Å². The first kappa shape index (κ1) is 15.6. The fourth-order valence-electron chi connectivity index (χ4n) is 2.06. The van der Waals surface area contributed by atoms with Gasteiger partial charge in [-0.2, -0.15) is 0 Å². The van der Waals surface area contributed by atoms with E-state index >= 15 is 0 Å². The summed E-state index contributed by atoms with van der Waals surface area (Å²) in [5.41, 5.74) is 0.978. The lowest BCUT2D eigenvalue weighted by Gasteiger charge is -2.11. The molecule has 0 bridgehead atoms. The fourth-order valence-corrected chi connectivity index (χ4v) is 2.06. The lowest BCUT2D eigenvalue weighted by molar-refractivity contribution is 0.504. The molecule has 0 aromatic heterocycles. The average molecular weight is 293 g/mol. The Morgan fingerprint density at radius 3 is 2.24 bits per heavy atom. The van der Waals surface area contributed by atoms with Crippen molar-refractivity contribution in [1.29, 1.82) is 0 Å². The standard InChI is InChI=1S/C17H18F3N/c1-10(2)21-9-12-5-7-13(15(18)8-12)14-6-4-11(3)16(19)17(14)20/h4-8,10,21H,9H2,1-3H3. The fraction of sp³-hybridized carbons (Fsp3) is 0.294. The van der Waals surface area contributed by atoms with Crippen LogP contribution in [0.3, 0.4) is 0 Å². The van der Waals surface area contributed by atoms with E-state index < -0.39 is 17.5 Å². The molecule has 0 atom stereocenters. The molecule has 0 aliphatic rings. The Labute approximate surface area is 122 Å². The second-order valence-electron chi connectivity index (χ2n) is 5.41. The zero-order valence-corrected chi connectivity index (χ0v) is 12.3. The molecule has 2 aromatic carbocycles. The molecule has 0 unspecified atom stereocenters. The van der Waals surface area contributed by atoms with Gasteiger partial charge in [-0.15, -0.1) is 0 Å². The molecule has 112 valence electrons. The SMILES string of the molecule is Cc1ccc(-c2ccc(CNC(C)C)cc2F)c(F)c1F. The third kappa shape index (κ3) is 3.45. The molecule has 0 radical (unpaired) electrons. The highest BCUT2D eigenvalue weighted by Crippen LogP contribution is 2.28. The van der Waals surface area contributed by atoms with Crippen molar-refractivity contribution >= 4 is 0 Å². The molecule has 4 heteroatoms. The van der Waals surface area contributed by atoms with E-state index in [9.17, 15) is 13.2 Å².